The van der Waals surface area contributed by atoms with Crippen LogP contribution in [-0.2, 0) is 0 Å². The highest BCUT2D eigenvalue weighted by Crippen LogP contribution is 2.24. The summed E-state index contributed by atoms with van der Waals surface area (Å²) in [6, 6.07) is 9.74. The van der Waals surface area contributed by atoms with Crippen LogP contribution in [0.4, 0.5) is 0 Å². The molecule has 0 spiro atoms. The third-order valence-electron chi connectivity index (χ3n) is 3.02. The first kappa shape index (κ1) is 11.2. The van der Waals surface area contributed by atoms with E-state index in [1.165, 1.54) is 0 Å². The maximum absolute atomic E-state index is 5.51. The fraction of sp³-hybridized carbons (Fsp3) is 0.385. The quantitative estimate of drug-likeness (QED) is 0.899. The van der Waals surface area contributed by atoms with E-state index in [2.05, 4.69) is 15.5 Å². The number of para-hydroxylation sites is 1. The first-order chi connectivity index (χ1) is 8.92. The van der Waals surface area contributed by atoms with Gasteiger partial charge in [-0.3, -0.25) is 0 Å². The number of rotatable bonds is 3. The molecule has 1 aromatic carbocycles. The highest BCUT2D eigenvalue weighted by atomic mass is 16.6. The summed E-state index contributed by atoms with van der Waals surface area (Å²) in [5, 5.41) is 7.17. The predicted octanol–water partition coefficient (Wildman–Crippen LogP) is 2.33. The van der Waals surface area contributed by atoms with Crippen molar-refractivity contribution in [3.8, 4) is 11.8 Å². The van der Waals surface area contributed by atoms with E-state index in [1.807, 2.05) is 30.3 Å². The summed E-state index contributed by atoms with van der Waals surface area (Å²) in [6.07, 6.45) is 2.22. The minimum absolute atomic E-state index is 0.279. The first-order valence-corrected chi connectivity index (χ1v) is 6.19. The van der Waals surface area contributed by atoms with Crippen molar-refractivity contribution in [3.05, 3.63) is 36.2 Å². The number of ether oxygens (including phenoxy) is 1. The number of hydrogen-bond acceptors (Lipinski definition) is 5. The van der Waals surface area contributed by atoms with Crippen LogP contribution in [0.25, 0.3) is 0 Å². The molecule has 5 nitrogen and oxygen atoms in total. The van der Waals surface area contributed by atoms with Gasteiger partial charge in [-0.1, -0.05) is 18.2 Å². The minimum atomic E-state index is 0.279. The topological polar surface area (TPSA) is 60.2 Å². The maximum Gasteiger partial charge on any atom is 0.359 e. The second-order valence-corrected chi connectivity index (χ2v) is 4.37. The van der Waals surface area contributed by atoms with Gasteiger partial charge in [0.25, 0.3) is 0 Å². The molecular formula is C13H15N3O2. The average Bonchev–Trinajstić information content (AvgIpc) is 2.89. The molecule has 1 N–H and O–H groups in total. The second kappa shape index (κ2) is 5.18. The van der Waals surface area contributed by atoms with Crippen LogP contribution in [0.3, 0.4) is 0 Å². The third kappa shape index (κ3) is 2.51. The zero-order valence-electron chi connectivity index (χ0n) is 10.0. The summed E-state index contributed by atoms with van der Waals surface area (Å²) in [5.41, 5.74) is 0. The lowest BCUT2D eigenvalue weighted by molar-refractivity contribution is 0.311. The van der Waals surface area contributed by atoms with Crippen molar-refractivity contribution in [3.63, 3.8) is 0 Å². The predicted molar refractivity (Wildman–Crippen MR) is 65.7 cm³/mol. The number of nitrogens with zero attached hydrogens (tertiary/aromatic N) is 2. The summed E-state index contributed by atoms with van der Waals surface area (Å²) >= 11 is 0. The lowest BCUT2D eigenvalue weighted by Crippen LogP contribution is -2.28. The fourth-order valence-corrected chi connectivity index (χ4v) is 2.08. The van der Waals surface area contributed by atoms with E-state index < -0.39 is 0 Å². The zero-order chi connectivity index (χ0) is 12.2. The summed E-state index contributed by atoms with van der Waals surface area (Å²) in [4.78, 5) is 4.29. The van der Waals surface area contributed by atoms with Gasteiger partial charge in [0.1, 0.15) is 5.75 Å². The molecule has 0 bridgehead atoms. The number of hydrogen-bond donors (Lipinski definition) is 1. The van der Waals surface area contributed by atoms with Gasteiger partial charge in [0.15, 0.2) is 0 Å². The van der Waals surface area contributed by atoms with Crippen LogP contribution >= 0.6 is 0 Å². The molecule has 1 saturated heterocycles. The molecule has 1 aliphatic rings. The Balaban J connectivity index is 1.69. The van der Waals surface area contributed by atoms with Crippen LogP contribution in [0.2, 0.25) is 0 Å². The highest BCUT2D eigenvalue weighted by molar-refractivity contribution is 5.23. The standard InChI is InChI=1S/C13H15N3O2/c1-2-6-11(7-3-1)17-13-15-12(18-16-13)10-5-4-8-14-9-10/h1-3,6-7,10,14H,4-5,8-9H2. The Morgan fingerprint density at radius 2 is 2.17 bits per heavy atom. The Labute approximate surface area is 105 Å². The van der Waals surface area contributed by atoms with E-state index in [0.29, 0.717) is 17.6 Å². The van der Waals surface area contributed by atoms with Crippen LogP contribution in [0.15, 0.2) is 34.9 Å². The van der Waals surface area contributed by atoms with Crippen LogP contribution in [0, 0.1) is 0 Å². The van der Waals surface area contributed by atoms with Crippen LogP contribution in [0.1, 0.15) is 24.7 Å². The Morgan fingerprint density at radius 3 is 2.94 bits per heavy atom. The van der Waals surface area contributed by atoms with Crippen LogP contribution in [-0.4, -0.2) is 23.2 Å². The van der Waals surface area contributed by atoms with Gasteiger partial charge in [0.2, 0.25) is 5.89 Å². The molecule has 0 aliphatic carbocycles. The van der Waals surface area contributed by atoms with Crippen LogP contribution < -0.4 is 10.1 Å². The molecule has 0 amide bonds. The molecule has 2 heterocycles. The molecule has 1 aliphatic heterocycles. The van der Waals surface area contributed by atoms with Crippen molar-refractivity contribution >= 4 is 0 Å². The zero-order valence-corrected chi connectivity index (χ0v) is 10.0. The summed E-state index contributed by atoms with van der Waals surface area (Å²) < 4.78 is 10.8. The molecule has 1 atom stereocenters. The molecule has 3 rings (SSSR count). The Bertz CT molecular complexity index is 492. The van der Waals surface area contributed by atoms with Crippen molar-refractivity contribution in [1.82, 2.24) is 15.5 Å². The van der Waals surface area contributed by atoms with Gasteiger partial charge >= 0.3 is 6.01 Å². The van der Waals surface area contributed by atoms with Crippen molar-refractivity contribution in [2.75, 3.05) is 13.1 Å². The number of benzene rings is 1. The van der Waals surface area contributed by atoms with E-state index >= 15 is 0 Å². The molecule has 5 heteroatoms. The van der Waals surface area contributed by atoms with Crippen molar-refractivity contribution < 1.29 is 9.26 Å². The third-order valence-corrected chi connectivity index (χ3v) is 3.02. The van der Waals surface area contributed by atoms with E-state index in [1.54, 1.807) is 0 Å². The average molecular weight is 245 g/mol. The van der Waals surface area contributed by atoms with Crippen molar-refractivity contribution in [2.45, 2.75) is 18.8 Å². The van der Waals surface area contributed by atoms with E-state index in [4.69, 9.17) is 9.26 Å². The molecule has 1 aromatic heterocycles. The Morgan fingerprint density at radius 1 is 1.28 bits per heavy atom. The largest absolute Gasteiger partial charge is 0.422 e. The van der Waals surface area contributed by atoms with E-state index in [-0.39, 0.29) is 6.01 Å². The second-order valence-electron chi connectivity index (χ2n) is 4.37. The Kier molecular flexibility index (Phi) is 3.23. The van der Waals surface area contributed by atoms with Gasteiger partial charge in [-0.05, 0) is 36.7 Å². The number of nitrogens with one attached hydrogen (secondary N) is 1. The Hall–Kier alpha value is -1.88. The molecule has 0 saturated carbocycles. The molecular weight excluding hydrogens is 230 g/mol. The van der Waals surface area contributed by atoms with Gasteiger partial charge in [-0.2, -0.15) is 4.98 Å². The smallest absolute Gasteiger partial charge is 0.359 e. The SMILES string of the molecule is c1ccc(Oc2noc(C3CCCNC3)n2)cc1. The van der Waals surface area contributed by atoms with Crippen molar-refractivity contribution in [1.29, 1.82) is 0 Å². The van der Waals surface area contributed by atoms with Gasteiger partial charge in [0, 0.05) is 6.54 Å². The molecule has 94 valence electrons. The molecule has 18 heavy (non-hydrogen) atoms. The minimum Gasteiger partial charge on any atom is -0.422 e. The number of aromatic nitrogens is 2. The lowest BCUT2D eigenvalue weighted by atomic mass is 10.00. The van der Waals surface area contributed by atoms with Gasteiger partial charge in [-0.15, -0.1) is 0 Å². The van der Waals surface area contributed by atoms with E-state index in [0.717, 1.165) is 25.9 Å². The van der Waals surface area contributed by atoms with Crippen LogP contribution in [0.5, 0.6) is 11.8 Å². The molecule has 1 unspecified atom stereocenters. The van der Waals surface area contributed by atoms with Crippen molar-refractivity contribution in [2.24, 2.45) is 0 Å². The van der Waals surface area contributed by atoms with Gasteiger partial charge < -0.3 is 14.6 Å². The molecule has 1 fully saturated rings. The maximum atomic E-state index is 5.51. The monoisotopic (exact) mass is 245 g/mol. The summed E-state index contributed by atoms with van der Waals surface area (Å²) in [6.45, 7) is 1.96. The molecule has 0 radical (unpaired) electrons. The summed E-state index contributed by atoms with van der Waals surface area (Å²) in [5.74, 6) is 1.68. The van der Waals surface area contributed by atoms with Gasteiger partial charge in [-0.25, -0.2) is 0 Å². The fourth-order valence-electron chi connectivity index (χ4n) is 2.08. The van der Waals surface area contributed by atoms with Gasteiger partial charge in [0.05, 0.1) is 5.92 Å². The first-order valence-electron chi connectivity index (χ1n) is 6.19. The molecule has 2 aromatic rings. The highest BCUT2D eigenvalue weighted by Gasteiger charge is 2.21. The lowest BCUT2D eigenvalue weighted by Gasteiger charge is -2.18. The summed E-state index contributed by atoms with van der Waals surface area (Å²) in [7, 11) is 0. The van der Waals surface area contributed by atoms with E-state index in [9.17, 15) is 0 Å². The number of piperidine rings is 1. The normalized spacial score (nSPS) is 19.7.